The van der Waals surface area contributed by atoms with Crippen molar-refractivity contribution >= 4 is 23.3 Å². The zero-order valence-corrected chi connectivity index (χ0v) is 22.0. The van der Waals surface area contributed by atoms with Crippen molar-refractivity contribution in [2.24, 2.45) is 11.7 Å². The van der Waals surface area contributed by atoms with Gasteiger partial charge in [-0.05, 0) is 39.2 Å². The van der Waals surface area contributed by atoms with E-state index in [-0.39, 0.29) is 24.4 Å². The highest BCUT2D eigenvalue weighted by molar-refractivity contribution is 5.82. The third-order valence-corrected chi connectivity index (χ3v) is 5.34. The number of hydrogen-bond donors (Lipinski definition) is 3. The van der Waals surface area contributed by atoms with Gasteiger partial charge in [-0.1, -0.05) is 13.8 Å². The van der Waals surface area contributed by atoms with Gasteiger partial charge in [-0.3, -0.25) is 29.6 Å². The number of nitrogens with two attached hydrogens (primary N) is 1. The summed E-state index contributed by atoms with van der Waals surface area (Å²) in [4.78, 5) is 50.1. The number of carbonyl (C=O) groups excluding carboxylic acids is 2. The zero-order chi connectivity index (χ0) is 28.8. The molecule has 1 amide bonds. The van der Waals surface area contributed by atoms with Crippen LogP contribution in [0.5, 0.6) is 0 Å². The van der Waals surface area contributed by atoms with Gasteiger partial charge in [-0.2, -0.15) is 0 Å². The minimum Gasteiger partial charge on any atom is -0.458 e. The number of non-ortho nitro benzene ring substituents is 1. The highest BCUT2D eigenvalue weighted by Gasteiger charge is 2.28. The van der Waals surface area contributed by atoms with Gasteiger partial charge >= 0.3 is 5.97 Å². The monoisotopic (exact) mass is 534 g/mol. The number of esters is 1. The van der Waals surface area contributed by atoms with E-state index < -0.39 is 56.9 Å². The third kappa shape index (κ3) is 8.88. The number of rotatable bonds is 12. The van der Waals surface area contributed by atoms with Gasteiger partial charge in [0.15, 0.2) is 6.10 Å². The number of ether oxygens (including phenoxy) is 1. The first kappa shape index (κ1) is 30.3. The number of aliphatic hydroxyl groups is 1. The molecule has 0 radical (unpaired) electrons. The van der Waals surface area contributed by atoms with Gasteiger partial charge in [0.1, 0.15) is 11.3 Å². The first-order valence-electron chi connectivity index (χ1n) is 12.0. The smallest absolute Gasteiger partial charge is 0.335 e. The van der Waals surface area contributed by atoms with Gasteiger partial charge < -0.3 is 20.9 Å². The molecular formula is C24H34N6O8. The lowest BCUT2D eigenvalue weighted by Crippen LogP contribution is -2.48. The Bertz CT molecular complexity index is 1170. The molecule has 14 heteroatoms. The fourth-order valence-electron chi connectivity index (χ4n) is 3.74. The number of amides is 1. The molecule has 38 heavy (non-hydrogen) atoms. The summed E-state index contributed by atoms with van der Waals surface area (Å²) in [6.07, 6.45) is 1.72. The molecule has 0 saturated heterocycles. The lowest BCUT2D eigenvalue weighted by molar-refractivity contribution is -0.394. The molecule has 0 spiro atoms. The van der Waals surface area contributed by atoms with Crippen LogP contribution in [0.2, 0.25) is 0 Å². The number of aliphatic hydroxyl groups excluding tert-OH is 1. The Morgan fingerprint density at radius 3 is 2.39 bits per heavy atom. The van der Waals surface area contributed by atoms with Gasteiger partial charge in [0, 0.05) is 31.1 Å². The molecule has 0 aliphatic rings. The number of nitro groups is 2. The van der Waals surface area contributed by atoms with Crippen molar-refractivity contribution < 1.29 is 29.3 Å². The molecule has 0 saturated carbocycles. The molecule has 3 atom stereocenters. The van der Waals surface area contributed by atoms with Gasteiger partial charge in [0.05, 0.1) is 34.0 Å². The van der Waals surface area contributed by atoms with Gasteiger partial charge in [-0.25, -0.2) is 9.78 Å². The lowest BCUT2D eigenvalue weighted by Gasteiger charge is -2.26. The van der Waals surface area contributed by atoms with Crippen molar-refractivity contribution in [3.05, 3.63) is 56.6 Å². The second kappa shape index (κ2) is 12.6. The number of aromatic nitrogens is 2. The van der Waals surface area contributed by atoms with Crippen molar-refractivity contribution in [2.45, 2.75) is 77.7 Å². The Labute approximate surface area is 219 Å². The number of nitrogens with zero attached hydrogens (tertiary/aromatic N) is 4. The van der Waals surface area contributed by atoms with Crippen LogP contribution < -0.4 is 11.1 Å². The Kier molecular flexibility index (Phi) is 10.0. The van der Waals surface area contributed by atoms with E-state index in [4.69, 9.17) is 10.5 Å². The summed E-state index contributed by atoms with van der Waals surface area (Å²) in [5, 5.41) is 35.5. The van der Waals surface area contributed by atoms with Crippen LogP contribution in [-0.2, 0) is 20.7 Å². The van der Waals surface area contributed by atoms with Crippen LogP contribution in [0, 0.1) is 26.1 Å². The van der Waals surface area contributed by atoms with E-state index in [1.807, 2.05) is 13.8 Å². The number of nitro benzene ring substituents is 2. The quantitative estimate of drug-likeness (QED) is 0.205. The number of imidazole rings is 1. The van der Waals surface area contributed by atoms with Gasteiger partial charge in [-0.15, -0.1) is 0 Å². The molecule has 0 bridgehead atoms. The highest BCUT2D eigenvalue weighted by Crippen LogP contribution is 2.28. The third-order valence-electron chi connectivity index (χ3n) is 5.34. The standard InChI is InChI=1S/C24H34N6O8/c1-14(2)8-15(10-21(31)23(33)38-24(3,4)5)27-22(32)18(25)9-16-12-28(13-26-16)19-7-6-17(29(34)35)11-20(19)30(36)37/h6-7,11-15,18,21,31H,8-10,25H2,1-5H3,(H,27,32)/t15-,18-,21?/m0/s1. The van der Waals surface area contributed by atoms with Crippen molar-refractivity contribution in [1.29, 1.82) is 0 Å². The molecule has 208 valence electrons. The first-order chi connectivity index (χ1) is 17.6. The number of hydrogen-bond acceptors (Lipinski definition) is 10. The summed E-state index contributed by atoms with van der Waals surface area (Å²) in [5.74, 6) is -1.16. The van der Waals surface area contributed by atoms with Crippen LogP contribution in [0.25, 0.3) is 5.69 Å². The summed E-state index contributed by atoms with van der Waals surface area (Å²) in [6.45, 7) is 8.92. The van der Waals surface area contributed by atoms with Crippen LogP contribution in [-0.4, -0.2) is 60.2 Å². The molecule has 1 unspecified atom stereocenters. The van der Waals surface area contributed by atoms with E-state index >= 15 is 0 Å². The molecule has 1 aromatic carbocycles. The SMILES string of the molecule is CC(C)C[C@@H](CC(O)C(=O)OC(C)(C)C)NC(=O)[C@@H](N)Cc1cn(-c2ccc([N+](=O)[O-])cc2[N+](=O)[O-])cn1. The molecule has 14 nitrogen and oxygen atoms in total. The molecule has 2 aromatic rings. The van der Waals surface area contributed by atoms with Gasteiger partial charge in [0.25, 0.3) is 11.4 Å². The zero-order valence-electron chi connectivity index (χ0n) is 22.0. The van der Waals surface area contributed by atoms with Gasteiger partial charge in [0.2, 0.25) is 5.91 Å². The summed E-state index contributed by atoms with van der Waals surface area (Å²) in [5.41, 5.74) is 4.83. The maximum absolute atomic E-state index is 12.8. The molecular weight excluding hydrogens is 500 g/mol. The maximum atomic E-state index is 12.8. The second-order valence-electron chi connectivity index (χ2n) is 10.4. The molecule has 2 rings (SSSR count). The number of nitrogens with one attached hydrogen (secondary N) is 1. The van der Waals surface area contributed by atoms with Crippen molar-refractivity contribution in [1.82, 2.24) is 14.9 Å². The van der Waals surface area contributed by atoms with Crippen LogP contribution in [0.3, 0.4) is 0 Å². The molecule has 0 aliphatic heterocycles. The molecule has 0 aliphatic carbocycles. The van der Waals surface area contributed by atoms with Crippen LogP contribution in [0.15, 0.2) is 30.7 Å². The minimum atomic E-state index is -1.43. The average Bonchev–Trinajstić information content (AvgIpc) is 3.25. The van der Waals surface area contributed by atoms with E-state index in [0.717, 1.165) is 12.1 Å². The molecule has 1 heterocycles. The predicted octanol–water partition coefficient (Wildman–Crippen LogP) is 2.18. The maximum Gasteiger partial charge on any atom is 0.335 e. The minimum absolute atomic E-state index is 0.0113. The molecule has 4 N–H and O–H groups in total. The highest BCUT2D eigenvalue weighted by atomic mass is 16.6. The van der Waals surface area contributed by atoms with Crippen molar-refractivity contribution in [3.63, 3.8) is 0 Å². The molecule has 1 aromatic heterocycles. The number of carbonyl (C=O) groups is 2. The Balaban J connectivity index is 2.10. The summed E-state index contributed by atoms with van der Waals surface area (Å²) < 4.78 is 6.52. The Hall–Kier alpha value is -3.91. The normalized spacial score (nSPS) is 14.0. The van der Waals surface area contributed by atoms with E-state index in [1.165, 1.54) is 23.2 Å². The summed E-state index contributed by atoms with van der Waals surface area (Å²) in [6, 6.07) is 1.65. The summed E-state index contributed by atoms with van der Waals surface area (Å²) in [7, 11) is 0. The van der Waals surface area contributed by atoms with Crippen LogP contribution in [0.1, 0.15) is 53.2 Å². The fourth-order valence-corrected chi connectivity index (χ4v) is 3.74. The Morgan fingerprint density at radius 2 is 1.84 bits per heavy atom. The predicted molar refractivity (Wildman–Crippen MR) is 136 cm³/mol. The van der Waals surface area contributed by atoms with Crippen LogP contribution in [0.4, 0.5) is 11.4 Å². The second-order valence-corrected chi connectivity index (χ2v) is 10.4. The van der Waals surface area contributed by atoms with E-state index in [2.05, 4.69) is 10.3 Å². The van der Waals surface area contributed by atoms with Crippen LogP contribution >= 0.6 is 0 Å². The average molecular weight is 535 g/mol. The Morgan fingerprint density at radius 1 is 1.18 bits per heavy atom. The largest absolute Gasteiger partial charge is 0.458 e. The van der Waals surface area contributed by atoms with E-state index in [0.29, 0.717) is 12.1 Å². The number of benzene rings is 1. The van der Waals surface area contributed by atoms with Crippen molar-refractivity contribution in [2.75, 3.05) is 0 Å². The van der Waals surface area contributed by atoms with E-state index in [9.17, 15) is 34.9 Å². The summed E-state index contributed by atoms with van der Waals surface area (Å²) >= 11 is 0. The first-order valence-corrected chi connectivity index (χ1v) is 12.0. The lowest BCUT2D eigenvalue weighted by atomic mass is 9.97. The van der Waals surface area contributed by atoms with Crippen molar-refractivity contribution in [3.8, 4) is 5.69 Å². The fraction of sp³-hybridized carbons (Fsp3) is 0.542. The topological polar surface area (TPSA) is 206 Å². The van der Waals surface area contributed by atoms with E-state index in [1.54, 1.807) is 20.8 Å². The molecule has 0 fully saturated rings.